The van der Waals surface area contributed by atoms with Crippen molar-refractivity contribution in [3.8, 4) is 5.75 Å². The van der Waals surface area contributed by atoms with Gasteiger partial charge in [0.1, 0.15) is 5.75 Å². The van der Waals surface area contributed by atoms with Gasteiger partial charge in [0.05, 0.1) is 18.1 Å². The van der Waals surface area contributed by atoms with Gasteiger partial charge in [-0.2, -0.15) is 0 Å². The predicted molar refractivity (Wildman–Crippen MR) is 85.5 cm³/mol. The van der Waals surface area contributed by atoms with Crippen LogP contribution in [0.25, 0.3) is 0 Å². The van der Waals surface area contributed by atoms with E-state index in [1.54, 1.807) is 25.1 Å². The largest absolute Gasteiger partial charge is 0.482 e. The number of halogens is 2. The molecule has 0 unspecified atom stereocenters. The smallest absolute Gasteiger partial charge is 0.307 e. The van der Waals surface area contributed by atoms with Crippen molar-refractivity contribution in [2.75, 3.05) is 26.3 Å². The average molecular weight is 348 g/mol. The molecule has 0 saturated heterocycles. The number of carbonyl (C=O) groups excluding carboxylic acids is 2. The highest BCUT2D eigenvalue weighted by Gasteiger charge is 2.15. The molecule has 0 aliphatic rings. The van der Waals surface area contributed by atoms with Crippen LogP contribution in [0.3, 0.4) is 0 Å². The van der Waals surface area contributed by atoms with Crippen LogP contribution in [0.2, 0.25) is 10.0 Å². The minimum Gasteiger partial charge on any atom is -0.482 e. The van der Waals surface area contributed by atoms with E-state index < -0.39 is 0 Å². The molecule has 0 heterocycles. The van der Waals surface area contributed by atoms with E-state index in [1.165, 1.54) is 4.90 Å². The number of carbonyl (C=O) groups is 2. The number of amides is 1. The summed E-state index contributed by atoms with van der Waals surface area (Å²) < 4.78 is 10.2. The number of nitrogens with zero attached hydrogens (tertiary/aromatic N) is 1. The zero-order chi connectivity index (χ0) is 16.5. The molecule has 7 heteroatoms. The number of hydrogen-bond acceptors (Lipinski definition) is 4. The molecule has 0 fully saturated rings. The van der Waals surface area contributed by atoms with E-state index in [1.807, 2.05) is 6.92 Å². The first-order chi connectivity index (χ1) is 10.5. The lowest BCUT2D eigenvalue weighted by molar-refractivity contribution is -0.144. The number of rotatable bonds is 8. The molecule has 122 valence electrons. The van der Waals surface area contributed by atoms with Crippen LogP contribution in [-0.2, 0) is 14.3 Å². The third-order valence-corrected chi connectivity index (χ3v) is 3.40. The van der Waals surface area contributed by atoms with E-state index in [0.29, 0.717) is 35.5 Å². The molecule has 0 aliphatic heterocycles. The van der Waals surface area contributed by atoms with Crippen molar-refractivity contribution < 1.29 is 19.1 Å². The van der Waals surface area contributed by atoms with Crippen LogP contribution in [-0.4, -0.2) is 43.1 Å². The molecular weight excluding hydrogens is 329 g/mol. The Balaban J connectivity index is 2.49. The number of esters is 1. The summed E-state index contributed by atoms with van der Waals surface area (Å²) in [5.74, 6) is -0.158. The van der Waals surface area contributed by atoms with Crippen LogP contribution in [0, 0.1) is 0 Å². The van der Waals surface area contributed by atoms with E-state index in [-0.39, 0.29) is 24.9 Å². The molecule has 0 N–H and O–H groups in total. The Labute approximate surface area is 140 Å². The fraction of sp³-hybridized carbons (Fsp3) is 0.467. The van der Waals surface area contributed by atoms with Crippen LogP contribution in [0.15, 0.2) is 18.2 Å². The van der Waals surface area contributed by atoms with Crippen molar-refractivity contribution >= 4 is 35.1 Å². The lowest BCUT2D eigenvalue weighted by Gasteiger charge is -2.20. The highest BCUT2D eigenvalue weighted by atomic mass is 35.5. The topological polar surface area (TPSA) is 55.8 Å². The second kappa shape index (κ2) is 9.54. The second-order valence-electron chi connectivity index (χ2n) is 4.39. The summed E-state index contributed by atoms with van der Waals surface area (Å²) >= 11 is 11.8. The fourth-order valence-corrected chi connectivity index (χ4v) is 2.20. The van der Waals surface area contributed by atoms with E-state index in [2.05, 4.69) is 0 Å². The molecule has 0 bridgehead atoms. The van der Waals surface area contributed by atoms with Crippen molar-refractivity contribution in [3.63, 3.8) is 0 Å². The Bertz CT molecular complexity index is 522. The Hall–Kier alpha value is -1.46. The number of benzene rings is 1. The minimum absolute atomic E-state index is 0.155. The molecular formula is C15H19Cl2NO4. The van der Waals surface area contributed by atoms with Crippen molar-refractivity contribution in [2.45, 2.75) is 20.3 Å². The maximum atomic E-state index is 12.1. The van der Waals surface area contributed by atoms with Gasteiger partial charge in [0.2, 0.25) is 0 Å². The summed E-state index contributed by atoms with van der Waals surface area (Å²) in [6.45, 7) is 4.53. The molecule has 1 aromatic rings. The van der Waals surface area contributed by atoms with E-state index in [9.17, 15) is 9.59 Å². The normalized spacial score (nSPS) is 10.2. The van der Waals surface area contributed by atoms with E-state index >= 15 is 0 Å². The van der Waals surface area contributed by atoms with Gasteiger partial charge in [-0.3, -0.25) is 9.59 Å². The lowest BCUT2D eigenvalue weighted by Crippen LogP contribution is -2.36. The Morgan fingerprint density at radius 1 is 1.23 bits per heavy atom. The first-order valence-electron chi connectivity index (χ1n) is 6.99. The predicted octanol–water partition coefficient (Wildman–Crippen LogP) is 3.17. The highest BCUT2D eigenvalue weighted by molar-refractivity contribution is 6.35. The summed E-state index contributed by atoms with van der Waals surface area (Å²) in [7, 11) is 0. The van der Waals surface area contributed by atoms with Crippen molar-refractivity contribution in [1.29, 1.82) is 0 Å². The van der Waals surface area contributed by atoms with Crippen LogP contribution >= 0.6 is 23.2 Å². The molecule has 1 rings (SSSR count). The zero-order valence-electron chi connectivity index (χ0n) is 12.6. The summed E-state index contributed by atoms with van der Waals surface area (Å²) in [5.41, 5.74) is 0. The number of ether oxygens (including phenoxy) is 2. The fourth-order valence-electron chi connectivity index (χ4n) is 1.74. The van der Waals surface area contributed by atoms with Crippen LogP contribution in [0.1, 0.15) is 20.3 Å². The molecule has 0 spiro atoms. The summed E-state index contributed by atoms with van der Waals surface area (Å²) in [5, 5.41) is 0.836. The summed E-state index contributed by atoms with van der Waals surface area (Å²) in [6, 6.07) is 4.78. The quantitative estimate of drug-likeness (QED) is 0.677. The van der Waals surface area contributed by atoms with E-state index in [0.717, 1.165) is 0 Å². The number of likely N-dealkylation sites (N-methyl/N-ethyl adjacent to an activating group) is 1. The van der Waals surface area contributed by atoms with Gasteiger partial charge in [0, 0.05) is 18.1 Å². The molecule has 0 radical (unpaired) electrons. The SMILES string of the molecule is CCOC(=O)CCN(CC)C(=O)COc1ccc(Cl)cc1Cl. The van der Waals surface area contributed by atoms with Crippen molar-refractivity contribution in [2.24, 2.45) is 0 Å². The first-order valence-corrected chi connectivity index (χ1v) is 7.74. The molecule has 22 heavy (non-hydrogen) atoms. The summed E-state index contributed by atoms with van der Waals surface area (Å²) in [6.07, 6.45) is 0.162. The third-order valence-electron chi connectivity index (χ3n) is 2.87. The molecule has 0 saturated carbocycles. The third kappa shape index (κ3) is 6.12. The standard InChI is InChI=1S/C15H19Cl2NO4/c1-3-18(8-7-15(20)21-4-2)14(19)10-22-13-6-5-11(16)9-12(13)17/h5-6,9H,3-4,7-8,10H2,1-2H3. The van der Waals surface area contributed by atoms with Gasteiger partial charge in [-0.15, -0.1) is 0 Å². The van der Waals surface area contributed by atoms with Gasteiger partial charge in [-0.05, 0) is 32.0 Å². The Kier molecular flexibility index (Phi) is 8.06. The van der Waals surface area contributed by atoms with Gasteiger partial charge < -0.3 is 14.4 Å². The highest BCUT2D eigenvalue weighted by Crippen LogP contribution is 2.27. The van der Waals surface area contributed by atoms with Gasteiger partial charge >= 0.3 is 5.97 Å². The van der Waals surface area contributed by atoms with Crippen LogP contribution < -0.4 is 4.74 Å². The first kappa shape index (κ1) is 18.6. The van der Waals surface area contributed by atoms with Crippen molar-refractivity contribution in [1.82, 2.24) is 4.90 Å². The van der Waals surface area contributed by atoms with Gasteiger partial charge in [-0.1, -0.05) is 23.2 Å². The Morgan fingerprint density at radius 3 is 2.55 bits per heavy atom. The molecule has 0 aliphatic carbocycles. The van der Waals surface area contributed by atoms with Gasteiger partial charge in [-0.25, -0.2) is 0 Å². The number of hydrogen-bond donors (Lipinski definition) is 0. The average Bonchev–Trinajstić information content (AvgIpc) is 2.47. The maximum Gasteiger partial charge on any atom is 0.307 e. The lowest BCUT2D eigenvalue weighted by atomic mass is 10.3. The molecule has 5 nitrogen and oxygen atoms in total. The molecule has 0 atom stereocenters. The van der Waals surface area contributed by atoms with E-state index in [4.69, 9.17) is 32.7 Å². The zero-order valence-corrected chi connectivity index (χ0v) is 14.1. The maximum absolute atomic E-state index is 12.1. The Morgan fingerprint density at radius 2 is 1.95 bits per heavy atom. The molecule has 1 amide bonds. The van der Waals surface area contributed by atoms with Crippen molar-refractivity contribution in [3.05, 3.63) is 28.2 Å². The van der Waals surface area contributed by atoms with Gasteiger partial charge in [0.15, 0.2) is 6.61 Å². The monoisotopic (exact) mass is 347 g/mol. The van der Waals surface area contributed by atoms with Gasteiger partial charge in [0.25, 0.3) is 5.91 Å². The second-order valence-corrected chi connectivity index (χ2v) is 5.24. The molecule has 1 aromatic carbocycles. The van der Waals surface area contributed by atoms with Crippen LogP contribution in [0.5, 0.6) is 5.75 Å². The summed E-state index contributed by atoms with van der Waals surface area (Å²) in [4.78, 5) is 24.9. The van der Waals surface area contributed by atoms with Crippen LogP contribution in [0.4, 0.5) is 0 Å². The molecule has 0 aromatic heterocycles. The minimum atomic E-state index is -0.324.